The smallest absolute Gasteiger partial charge is 0.223 e. The van der Waals surface area contributed by atoms with E-state index in [0.29, 0.717) is 5.13 Å². The van der Waals surface area contributed by atoms with Crippen molar-refractivity contribution in [1.29, 1.82) is 0 Å². The van der Waals surface area contributed by atoms with Gasteiger partial charge in [-0.05, 0) is 25.0 Å². The fourth-order valence-corrected chi connectivity index (χ4v) is 3.30. The minimum absolute atomic E-state index is 0. The molecule has 0 radical (unpaired) electrons. The van der Waals surface area contributed by atoms with Crippen LogP contribution in [-0.2, 0) is 4.79 Å². The van der Waals surface area contributed by atoms with Crippen molar-refractivity contribution < 1.29 is 6.22 Å². The fourth-order valence-electron chi connectivity index (χ4n) is 2.08. The van der Waals surface area contributed by atoms with Crippen LogP contribution in [0.4, 0.5) is 5.13 Å². The molecule has 2 aromatic rings. The van der Waals surface area contributed by atoms with Crippen LogP contribution in [0.2, 0.25) is 0 Å². The summed E-state index contributed by atoms with van der Waals surface area (Å²) in [5, 5.41) is 10.7. The van der Waals surface area contributed by atoms with Gasteiger partial charge in [-0.3, -0.25) is 4.79 Å². The van der Waals surface area contributed by atoms with E-state index in [0.717, 1.165) is 16.3 Å². The van der Waals surface area contributed by atoms with Crippen molar-refractivity contribution in [2.75, 3.05) is 11.6 Å². The van der Waals surface area contributed by atoms with Crippen LogP contribution < -0.4 is 5.32 Å². The second-order valence-corrected chi connectivity index (χ2v) is 7.03. The van der Waals surface area contributed by atoms with Gasteiger partial charge in [-0.15, -0.1) is 10.2 Å². The van der Waals surface area contributed by atoms with Crippen LogP contribution in [0.3, 0.4) is 0 Å². The van der Waals surface area contributed by atoms with Gasteiger partial charge in [0.2, 0.25) is 11.0 Å². The zero-order valence-corrected chi connectivity index (χ0v) is 13.9. The number of anilines is 1. The number of carbonyl (C=O) groups excluding carboxylic acids is 1. The van der Waals surface area contributed by atoms with Crippen LogP contribution in [0, 0.1) is 5.92 Å². The molecule has 1 aliphatic carbocycles. The third kappa shape index (κ3) is 4.82. The Morgan fingerprint density at radius 3 is 2.76 bits per heavy atom. The van der Waals surface area contributed by atoms with E-state index in [-0.39, 0.29) is 7.33 Å². The van der Waals surface area contributed by atoms with Gasteiger partial charge in [-0.1, -0.05) is 30.0 Å². The molecule has 3 rings (SSSR count). The molecule has 2 aromatic heterocycles. The molecule has 1 fully saturated rings. The lowest BCUT2D eigenvalue weighted by Crippen LogP contribution is -2.23. The molecule has 2 heterocycles. The molecule has 1 N–H and O–H groups in total. The molecule has 21 heavy (non-hydrogen) atoms. The zero-order chi connectivity index (χ0) is 15.2. The highest BCUT2D eigenvalue weighted by Crippen LogP contribution is 2.36. The van der Waals surface area contributed by atoms with Gasteiger partial charge in [0.15, 0.2) is 4.34 Å². The summed E-state index contributed by atoms with van der Waals surface area (Å²) in [6.07, 6.45) is 10.4. The monoisotopic (exact) mass is 327 g/mol. The largest absolute Gasteiger partial charge is 0.334 e. The van der Waals surface area contributed by atoms with E-state index < -0.39 is 0 Å². The Hall–Kier alpha value is -1.41. The third-order valence-electron chi connectivity index (χ3n) is 3.16. The molecule has 0 saturated heterocycles. The van der Waals surface area contributed by atoms with Crippen molar-refractivity contribution in [1.82, 2.24) is 19.7 Å². The van der Waals surface area contributed by atoms with E-state index in [9.17, 15) is 4.79 Å². The van der Waals surface area contributed by atoms with E-state index in [2.05, 4.69) is 38.2 Å². The number of aromatic nitrogens is 4. The molecule has 0 spiro atoms. The van der Waals surface area contributed by atoms with Crippen molar-refractivity contribution in [2.45, 2.75) is 37.1 Å². The second kappa shape index (κ2) is 7.56. The first kappa shape index (κ1) is 16.0. The van der Waals surface area contributed by atoms with Crippen LogP contribution >= 0.6 is 23.1 Å². The maximum Gasteiger partial charge on any atom is 0.223 e. The van der Waals surface area contributed by atoms with E-state index >= 15 is 0 Å². The Bertz CT molecular complexity index is 569. The number of nitrogens with zero attached hydrogens (tertiary/aromatic N) is 4. The number of hydrogen-bond acceptors (Lipinski definition) is 6. The molecule has 0 aromatic carbocycles. The molecule has 6 nitrogen and oxygen atoms in total. The lowest BCUT2D eigenvalue weighted by Gasteiger charge is -2.33. The third-order valence-corrected chi connectivity index (χ3v) is 4.97. The Morgan fingerprint density at radius 2 is 2.29 bits per heavy atom. The molecule has 1 amide bonds. The van der Waals surface area contributed by atoms with Gasteiger partial charge in [-0.2, -0.15) is 0 Å². The number of nitrogens with one attached hydrogen (secondary N) is 1. The van der Waals surface area contributed by atoms with Crippen molar-refractivity contribution in [2.24, 2.45) is 5.92 Å². The quantitative estimate of drug-likeness (QED) is 0.691. The molecule has 0 atom stereocenters. The van der Waals surface area contributed by atoms with E-state index in [1.54, 1.807) is 0 Å². The predicted molar refractivity (Wildman–Crippen MR) is 87.8 cm³/mol. The molecule has 0 bridgehead atoms. The second-order valence-electron chi connectivity index (χ2n) is 5.00. The summed E-state index contributed by atoms with van der Waals surface area (Å²) in [5.74, 6) is 0.807. The van der Waals surface area contributed by atoms with Crippen LogP contribution in [0.1, 0.15) is 34.2 Å². The first-order valence-electron chi connectivity index (χ1n) is 6.71. The Kier molecular flexibility index (Phi) is 5.75. The number of rotatable bonds is 3. The molecular weight excluding hydrogens is 306 g/mol. The zero-order valence-electron chi connectivity index (χ0n) is 12.3. The summed E-state index contributed by atoms with van der Waals surface area (Å²) in [4.78, 5) is 14.5. The van der Waals surface area contributed by atoms with Crippen molar-refractivity contribution in [3.05, 3.63) is 18.7 Å². The van der Waals surface area contributed by atoms with Crippen molar-refractivity contribution in [3.8, 4) is 0 Å². The van der Waals surface area contributed by atoms with E-state index in [4.69, 9.17) is 0 Å². The number of hydrogen-bond donors (Lipinski definition) is 1. The molecule has 1 aliphatic rings. The standard InChI is InChI=1S/C8H12N2.C5H7N3OS2.H2/c1-7-4-8(5-7)10-3-2-9-6-10;1-3(9)6-4-7-8-5(10-2)11-4;/h2-3,6-8H,4-5H2,1H3;1-2H3,(H,6,7,9);1H. The Balaban J connectivity index is 0.000000211. The van der Waals surface area contributed by atoms with Gasteiger partial charge in [0, 0.05) is 26.8 Å². The van der Waals surface area contributed by atoms with Gasteiger partial charge < -0.3 is 9.88 Å². The lowest BCUT2D eigenvalue weighted by molar-refractivity contribution is -0.114. The molecule has 0 unspecified atom stereocenters. The number of thioether (sulfide) groups is 1. The average molecular weight is 327 g/mol. The van der Waals surface area contributed by atoms with E-state index in [1.165, 1.54) is 42.9 Å². The van der Waals surface area contributed by atoms with Crippen LogP contribution in [0.25, 0.3) is 0 Å². The maximum atomic E-state index is 10.5. The minimum Gasteiger partial charge on any atom is -0.334 e. The molecular formula is C13H21N5OS2. The van der Waals surface area contributed by atoms with Crippen molar-refractivity contribution in [3.63, 3.8) is 0 Å². The summed E-state index contributed by atoms with van der Waals surface area (Å²) >= 11 is 2.88. The summed E-state index contributed by atoms with van der Waals surface area (Å²) in [6, 6.07) is 0.748. The van der Waals surface area contributed by atoms with Gasteiger partial charge in [0.25, 0.3) is 0 Å². The van der Waals surface area contributed by atoms with Gasteiger partial charge in [0.1, 0.15) is 0 Å². The molecule has 116 valence electrons. The topological polar surface area (TPSA) is 72.7 Å². The number of carbonyl (C=O) groups is 1. The predicted octanol–water partition coefficient (Wildman–Crippen LogP) is 3.32. The highest BCUT2D eigenvalue weighted by atomic mass is 32.2. The number of imidazole rings is 1. The van der Waals surface area contributed by atoms with E-state index in [1.807, 2.05) is 18.8 Å². The maximum absolute atomic E-state index is 10.5. The van der Waals surface area contributed by atoms with Crippen LogP contribution in [0.5, 0.6) is 0 Å². The van der Waals surface area contributed by atoms with Crippen LogP contribution in [-0.4, -0.2) is 31.9 Å². The van der Waals surface area contributed by atoms with Crippen LogP contribution in [0.15, 0.2) is 23.1 Å². The summed E-state index contributed by atoms with van der Waals surface area (Å²) < 4.78 is 3.06. The van der Waals surface area contributed by atoms with Gasteiger partial charge >= 0.3 is 0 Å². The average Bonchev–Trinajstić information content (AvgIpc) is 3.06. The highest BCUT2D eigenvalue weighted by molar-refractivity contribution is 8.00. The SMILES string of the molecule is CC1CC(n2ccnc2)C1.CSc1nnc(NC(C)=O)s1.[HH]. The van der Waals surface area contributed by atoms with Gasteiger partial charge in [-0.25, -0.2) is 4.98 Å². The highest BCUT2D eigenvalue weighted by Gasteiger charge is 2.25. The summed E-state index contributed by atoms with van der Waals surface area (Å²) in [5.41, 5.74) is 0. The first-order chi connectivity index (χ1) is 10.1. The summed E-state index contributed by atoms with van der Waals surface area (Å²) in [6.45, 7) is 3.74. The Morgan fingerprint density at radius 1 is 1.52 bits per heavy atom. The van der Waals surface area contributed by atoms with Gasteiger partial charge in [0.05, 0.1) is 6.33 Å². The summed E-state index contributed by atoms with van der Waals surface area (Å²) in [7, 11) is 0. The minimum atomic E-state index is -0.117. The first-order valence-corrected chi connectivity index (χ1v) is 8.75. The lowest BCUT2D eigenvalue weighted by atomic mass is 9.82. The Labute approximate surface area is 133 Å². The normalized spacial score (nSPS) is 20.1. The van der Waals surface area contributed by atoms with Crippen molar-refractivity contribution >= 4 is 34.1 Å². The molecule has 1 saturated carbocycles. The molecule has 0 aliphatic heterocycles. The fraction of sp³-hybridized carbons (Fsp3) is 0.538. The number of amides is 1. The molecule has 8 heteroatoms.